The fraction of sp³-hybridized carbons (Fsp3) is 0.889. The highest BCUT2D eigenvalue weighted by Crippen LogP contribution is 2.25. The fourth-order valence-electron chi connectivity index (χ4n) is 1.53. The Balaban J connectivity index is 2.72. The molecule has 1 fully saturated rings. The van der Waals surface area contributed by atoms with Crippen molar-refractivity contribution in [2.45, 2.75) is 37.1 Å². The molecule has 88 valence electrons. The van der Waals surface area contributed by atoms with E-state index < -0.39 is 19.7 Å². The van der Waals surface area contributed by atoms with Gasteiger partial charge in [-0.1, -0.05) is 15.9 Å². The Hall–Kier alpha value is -0.100. The van der Waals surface area contributed by atoms with Crippen molar-refractivity contribution in [3.63, 3.8) is 0 Å². The third kappa shape index (κ3) is 3.45. The van der Waals surface area contributed by atoms with Gasteiger partial charge in [0, 0.05) is 0 Å². The minimum atomic E-state index is -2.98. The molecular formula is C9H16BrNO3S. The molecule has 4 nitrogen and oxygen atoms in total. The molecule has 0 aliphatic carbocycles. The van der Waals surface area contributed by atoms with Crippen molar-refractivity contribution in [1.29, 1.82) is 0 Å². The number of alkyl halides is 1. The summed E-state index contributed by atoms with van der Waals surface area (Å²) in [6.07, 6.45) is 0.490. The Bertz CT molecular complexity index is 371. The summed E-state index contributed by atoms with van der Waals surface area (Å²) in [5, 5.41) is 2.79. The van der Waals surface area contributed by atoms with Crippen molar-refractivity contribution in [2.75, 3.05) is 11.5 Å². The van der Waals surface area contributed by atoms with Crippen LogP contribution in [0.3, 0.4) is 0 Å². The third-order valence-corrected chi connectivity index (χ3v) is 4.72. The first-order valence-electron chi connectivity index (χ1n) is 4.76. The normalized spacial score (nSPS) is 30.1. The molecule has 1 aliphatic rings. The molecule has 0 spiro atoms. The van der Waals surface area contributed by atoms with Crippen LogP contribution in [0.25, 0.3) is 0 Å². The predicted octanol–water partition coefficient (Wildman–Crippen LogP) is 0.853. The monoisotopic (exact) mass is 297 g/mol. The molecule has 6 heteroatoms. The second-order valence-corrected chi connectivity index (χ2v) is 9.00. The highest BCUT2D eigenvalue weighted by atomic mass is 79.9. The van der Waals surface area contributed by atoms with Gasteiger partial charge < -0.3 is 5.32 Å². The lowest BCUT2D eigenvalue weighted by Crippen LogP contribution is -2.52. The second kappa shape index (κ2) is 3.73. The van der Waals surface area contributed by atoms with Gasteiger partial charge in [-0.25, -0.2) is 8.42 Å². The zero-order valence-electron chi connectivity index (χ0n) is 9.13. The lowest BCUT2D eigenvalue weighted by atomic mass is 10.0. The molecule has 0 radical (unpaired) electrons. The van der Waals surface area contributed by atoms with Gasteiger partial charge >= 0.3 is 0 Å². The number of amides is 1. The molecule has 0 bridgehead atoms. The van der Waals surface area contributed by atoms with Gasteiger partial charge in [-0.15, -0.1) is 0 Å². The van der Waals surface area contributed by atoms with Crippen molar-refractivity contribution in [3.8, 4) is 0 Å². The van der Waals surface area contributed by atoms with Crippen molar-refractivity contribution < 1.29 is 13.2 Å². The van der Waals surface area contributed by atoms with Crippen LogP contribution >= 0.6 is 15.9 Å². The van der Waals surface area contributed by atoms with Gasteiger partial charge in [0.05, 0.1) is 21.4 Å². The lowest BCUT2D eigenvalue weighted by Gasteiger charge is -2.27. The van der Waals surface area contributed by atoms with E-state index in [1.165, 1.54) is 0 Å². The van der Waals surface area contributed by atoms with Crippen LogP contribution in [0.1, 0.15) is 27.2 Å². The number of hydrogen-bond donors (Lipinski definition) is 1. The minimum Gasteiger partial charge on any atom is -0.349 e. The lowest BCUT2D eigenvalue weighted by molar-refractivity contribution is -0.124. The average molecular weight is 298 g/mol. The van der Waals surface area contributed by atoms with Crippen LogP contribution < -0.4 is 5.32 Å². The van der Waals surface area contributed by atoms with Crippen LogP contribution in [0.4, 0.5) is 0 Å². The van der Waals surface area contributed by atoms with Crippen LogP contribution in [-0.2, 0) is 14.6 Å². The summed E-state index contributed by atoms with van der Waals surface area (Å²) >= 11 is 3.24. The van der Waals surface area contributed by atoms with Crippen molar-refractivity contribution in [2.24, 2.45) is 0 Å². The van der Waals surface area contributed by atoms with E-state index in [4.69, 9.17) is 0 Å². The first-order valence-corrected chi connectivity index (χ1v) is 7.38. The van der Waals surface area contributed by atoms with Crippen LogP contribution in [0, 0.1) is 0 Å². The summed E-state index contributed by atoms with van der Waals surface area (Å²) in [5.74, 6) is 0.0171. The SMILES string of the molecule is CC1(NC(=O)C(C)(C)Br)CCS(=O)(=O)C1. The van der Waals surface area contributed by atoms with E-state index in [1.54, 1.807) is 20.8 Å². The van der Waals surface area contributed by atoms with Crippen molar-refractivity contribution in [1.82, 2.24) is 5.32 Å². The molecule has 1 unspecified atom stereocenters. The molecule has 1 N–H and O–H groups in total. The van der Waals surface area contributed by atoms with Crippen molar-refractivity contribution in [3.05, 3.63) is 0 Å². The molecule has 0 aromatic heterocycles. The summed E-state index contributed by atoms with van der Waals surface area (Å²) in [6.45, 7) is 5.23. The number of carbonyl (C=O) groups is 1. The minimum absolute atomic E-state index is 0.0365. The van der Waals surface area contributed by atoms with Gasteiger partial charge in [-0.05, 0) is 27.2 Å². The quantitative estimate of drug-likeness (QED) is 0.769. The van der Waals surface area contributed by atoms with E-state index in [-0.39, 0.29) is 17.4 Å². The zero-order chi connectivity index (χ0) is 11.9. The molecule has 1 amide bonds. The molecule has 1 heterocycles. The topological polar surface area (TPSA) is 63.2 Å². The summed E-state index contributed by atoms with van der Waals surface area (Å²) in [4.78, 5) is 11.7. The van der Waals surface area contributed by atoms with Crippen LogP contribution in [0.5, 0.6) is 0 Å². The number of carbonyl (C=O) groups excluding carboxylic acids is 1. The highest BCUT2D eigenvalue weighted by Gasteiger charge is 2.41. The van der Waals surface area contributed by atoms with Crippen LogP contribution in [0.15, 0.2) is 0 Å². The van der Waals surface area contributed by atoms with E-state index >= 15 is 0 Å². The van der Waals surface area contributed by atoms with E-state index in [9.17, 15) is 13.2 Å². The standard InChI is InChI=1S/C9H16BrNO3S/c1-8(2,10)7(12)11-9(3)4-5-15(13,14)6-9/h4-6H2,1-3H3,(H,11,12). The predicted molar refractivity (Wildman–Crippen MR) is 62.8 cm³/mol. The Labute approximate surface area is 98.9 Å². The van der Waals surface area contributed by atoms with Gasteiger partial charge in [0.2, 0.25) is 5.91 Å². The maximum Gasteiger partial charge on any atom is 0.236 e. The molecule has 15 heavy (non-hydrogen) atoms. The van der Waals surface area contributed by atoms with Gasteiger partial charge in [-0.2, -0.15) is 0 Å². The van der Waals surface area contributed by atoms with Gasteiger partial charge in [0.1, 0.15) is 0 Å². The smallest absolute Gasteiger partial charge is 0.236 e. The van der Waals surface area contributed by atoms with E-state index in [0.29, 0.717) is 6.42 Å². The summed E-state index contributed by atoms with van der Waals surface area (Å²) in [5.41, 5.74) is -0.610. The van der Waals surface area contributed by atoms with E-state index in [2.05, 4.69) is 21.2 Å². The molecule has 1 saturated heterocycles. The maximum absolute atomic E-state index is 11.7. The fourth-order valence-corrected chi connectivity index (χ4v) is 3.72. The summed E-state index contributed by atoms with van der Waals surface area (Å²) in [6, 6.07) is 0. The maximum atomic E-state index is 11.7. The van der Waals surface area contributed by atoms with Gasteiger partial charge in [0.15, 0.2) is 9.84 Å². The summed E-state index contributed by atoms with van der Waals surface area (Å²) in [7, 11) is -2.98. The molecule has 0 saturated carbocycles. The van der Waals surface area contributed by atoms with E-state index in [0.717, 1.165) is 0 Å². The second-order valence-electron chi connectivity index (χ2n) is 4.83. The van der Waals surface area contributed by atoms with Crippen LogP contribution in [-0.4, -0.2) is 35.7 Å². The third-order valence-electron chi connectivity index (χ3n) is 2.46. The molecular weight excluding hydrogens is 282 g/mol. The first kappa shape index (κ1) is 13.0. The number of nitrogens with one attached hydrogen (secondary N) is 1. The van der Waals surface area contributed by atoms with Crippen LogP contribution in [0.2, 0.25) is 0 Å². The first-order chi connectivity index (χ1) is 6.54. The number of rotatable bonds is 2. The molecule has 0 aromatic carbocycles. The average Bonchev–Trinajstić information content (AvgIpc) is 2.23. The van der Waals surface area contributed by atoms with Gasteiger partial charge in [0.25, 0.3) is 0 Å². The molecule has 1 atom stereocenters. The Kier molecular flexibility index (Phi) is 3.23. The highest BCUT2D eigenvalue weighted by molar-refractivity contribution is 9.10. The van der Waals surface area contributed by atoms with E-state index in [1.807, 2.05) is 0 Å². The zero-order valence-corrected chi connectivity index (χ0v) is 11.5. The summed E-state index contributed by atoms with van der Waals surface area (Å²) < 4.78 is 22.0. The number of halogens is 1. The number of hydrogen-bond acceptors (Lipinski definition) is 3. The van der Waals surface area contributed by atoms with Gasteiger partial charge in [-0.3, -0.25) is 4.79 Å². The molecule has 1 aliphatic heterocycles. The molecule has 1 rings (SSSR count). The largest absolute Gasteiger partial charge is 0.349 e. The Morgan fingerprint density at radius 3 is 2.33 bits per heavy atom. The Morgan fingerprint density at radius 2 is 2.00 bits per heavy atom. The number of sulfone groups is 1. The van der Waals surface area contributed by atoms with Crippen molar-refractivity contribution >= 4 is 31.7 Å². The molecule has 0 aromatic rings. The Morgan fingerprint density at radius 1 is 1.47 bits per heavy atom.